The van der Waals surface area contributed by atoms with E-state index in [-0.39, 0.29) is 21.1 Å². The molecule has 0 amide bonds. The summed E-state index contributed by atoms with van der Waals surface area (Å²) in [6, 6.07) is 0. The number of hydrogen-bond donors (Lipinski definition) is 0. The zero-order chi connectivity index (χ0) is 17.7. The molecule has 0 N–H and O–H groups in total. The molecule has 0 unspecified atom stereocenters. The Hall–Kier alpha value is -0.307. The standard InChI is InChI=1S/C9H7.C7H8.CO.BF4.Mo/c1-2-5-9-7-3-6-8(9)4-1;1-2-7-5-3-4-6-7;1-2;2-1(3,4)5;/h1-7H;3-6H,1-2H2;;;/q;-1;;-1;+4. The van der Waals surface area contributed by atoms with Gasteiger partial charge in [0.2, 0.25) is 0 Å². The molecule has 1 nitrogen and oxygen atoms in total. The Bertz CT molecular complexity index is 353. The molecule has 3 aliphatic carbocycles. The van der Waals surface area contributed by atoms with Crippen molar-refractivity contribution in [1.29, 1.82) is 0 Å². The van der Waals surface area contributed by atoms with Crippen molar-refractivity contribution in [2.75, 3.05) is 0 Å². The third-order valence-electron chi connectivity index (χ3n) is 2.57. The average molecular weight is 418 g/mol. The first-order valence-electron chi connectivity index (χ1n) is 6.58. The molecule has 7 heteroatoms. The van der Waals surface area contributed by atoms with Crippen molar-refractivity contribution in [3.63, 3.8) is 0 Å². The van der Waals surface area contributed by atoms with Crippen LogP contribution in [0.25, 0.3) is 0 Å². The molecule has 0 saturated heterocycles. The molecule has 24 heavy (non-hydrogen) atoms. The van der Waals surface area contributed by atoms with Crippen LogP contribution in [0.4, 0.5) is 17.3 Å². The maximum absolute atomic E-state index is 9.75. The molecule has 3 rings (SSSR count). The van der Waals surface area contributed by atoms with E-state index in [9.17, 15) is 17.3 Å². The van der Waals surface area contributed by atoms with E-state index in [1.807, 2.05) is 12.8 Å². The fourth-order valence-electron chi connectivity index (χ4n) is 1.65. The second-order valence-corrected chi connectivity index (χ2v) is 4.19. The quantitative estimate of drug-likeness (QED) is 0.253. The number of halogens is 4. The summed E-state index contributed by atoms with van der Waals surface area (Å²) in [5, 5.41) is 0. The van der Waals surface area contributed by atoms with E-state index in [1.165, 1.54) is 17.8 Å². The predicted octanol–water partition coefficient (Wildman–Crippen LogP) is 4.76. The van der Waals surface area contributed by atoms with E-state index in [1.54, 1.807) is 0 Å². The van der Waals surface area contributed by atoms with Gasteiger partial charge in [0.05, 0.1) is 0 Å². The van der Waals surface area contributed by atoms with Crippen LogP contribution in [0.2, 0.25) is 0 Å². The number of rotatable bonds is 1. The minimum Gasteiger partial charge on any atom is -0.343 e. The monoisotopic (exact) mass is 420 g/mol. The summed E-state index contributed by atoms with van der Waals surface area (Å²) >= 11 is 0. The molecule has 0 aliphatic heterocycles. The van der Waals surface area contributed by atoms with E-state index >= 15 is 0 Å². The van der Waals surface area contributed by atoms with E-state index in [0.29, 0.717) is 0 Å². The summed E-state index contributed by atoms with van der Waals surface area (Å²) in [5.74, 6) is 3.98. The summed E-state index contributed by atoms with van der Waals surface area (Å²) in [4.78, 5) is 0. The fraction of sp³-hybridized carbons (Fsp3) is 0.0588. The van der Waals surface area contributed by atoms with Crippen LogP contribution in [-0.4, -0.2) is 7.25 Å². The second kappa shape index (κ2) is 15.0. The van der Waals surface area contributed by atoms with Gasteiger partial charge >= 0.3 is 39.6 Å². The third kappa shape index (κ3) is 14.1. The van der Waals surface area contributed by atoms with E-state index in [2.05, 4.69) is 70.0 Å². The van der Waals surface area contributed by atoms with Gasteiger partial charge in [-0.25, -0.2) is 0 Å². The molecule has 2 fully saturated rings. The first-order valence-corrected chi connectivity index (χ1v) is 6.58. The van der Waals surface area contributed by atoms with E-state index < -0.39 is 7.25 Å². The van der Waals surface area contributed by atoms with Gasteiger partial charge in [0.1, 0.15) is 0 Å². The van der Waals surface area contributed by atoms with Crippen LogP contribution >= 0.6 is 0 Å². The van der Waals surface area contributed by atoms with Crippen LogP contribution in [0.15, 0.2) is 24.3 Å². The molecule has 0 atom stereocenters. The molecule has 0 aromatic rings. The van der Waals surface area contributed by atoms with Gasteiger partial charge in [-0.2, -0.15) is 6.42 Å². The summed E-state index contributed by atoms with van der Waals surface area (Å²) in [6.07, 6.45) is 23.8. The van der Waals surface area contributed by atoms with Gasteiger partial charge in [0.25, 0.3) is 0 Å². The Morgan fingerprint density at radius 3 is 1.50 bits per heavy atom. The molecule has 0 heterocycles. The minimum atomic E-state index is -6.00. The zero-order valence-corrected chi connectivity index (χ0v) is 14.7. The van der Waals surface area contributed by atoms with Crippen molar-refractivity contribution in [1.82, 2.24) is 0 Å². The smallest absolute Gasteiger partial charge is 0.343 e. The first-order chi connectivity index (χ1) is 10.9. The molecule has 124 valence electrons. The zero-order valence-electron chi connectivity index (χ0n) is 12.7. The molecule has 3 aliphatic rings. The van der Waals surface area contributed by atoms with Crippen LogP contribution in [0, 0.1) is 76.3 Å². The van der Waals surface area contributed by atoms with Gasteiger partial charge in [0, 0.05) is 11.8 Å². The molecular weight excluding hydrogens is 403 g/mol. The van der Waals surface area contributed by atoms with E-state index in [4.69, 9.17) is 4.65 Å². The Morgan fingerprint density at radius 2 is 1.21 bits per heavy atom. The third-order valence-corrected chi connectivity index (χ3v) is 2.57. The molecule has 10 radical (unpaired) electrons. The predicted molar refractivity (Wildman–Crippen MR) is 82.2 cm³/mol. The van der Waals surface area contributed by atoms with Crippen molar-refractivity contribution < 1.29 is 43.0 Å². The Balaban J connectivity index is 0. The Morgan fingerprint density at radius 1 is 0.833 bits per heavy atom. The van der Waals surface area contributed by atoms with Crippen LogP contribution in [-0.2, 0) is 25.7 Å². The normalized spacial score (nSPS) is 19.6. The van der Waals surface area contributed by atoms with Gasteiger partial charge in [-0.1, -0.05) is 24.3 Å². The fourth-order valence-corrected chi connectivity index (χ4v) is 1.65. The topological polar surface area (TPSA) is 19.9 Å². The Labute approximate surface area is 157 Å². The molecular formula is C17H15BF4MoO+2. The number of allylic oxidation sites excluding steroid dienone is 4. The van der Waals surface area contributed by atoms with Crippen LogP contribution in [0.1, 0.15) is 6.42 Å². The number of hydrogen-bond acceptors (Lipinski definition) is 0. The second-order valence-electron chi connectivity index (χ2n) is 4.19. The SMILES string of the molecule is F[B-](F)(F)F.[C-]#[O+].[CH2-]C[C]1[CH][CH][CH][CH]1.[CH]1[CH][C]2C=CC=C[C]2[CH]1.[Mo+4]. The van der Waals surface area contributed by atoms with Crippen molar-refractivity contribution in [3.05, 3.63) is 101 Å². The van der Waals surface area contributed by atoms with Gasteiger partial charge in [-0.05, 0) is 50.9 Å². The van der Waals surface area contributed by atoms with Gasteiger partial charge < -0.3 is 24.2 Å². The van der Waals surface area contributed by atoms with Crippen molar-refractivity contribution in [2.45, 2.75) is 6.42 Å². The van der Waals surface area contributed by atoms with Crippen molar-refractivity contribution in [3.8, 4) is 0 Å². The first kappa shape index (κ1) is 25.9. The molecule has 0 spiro atoms. The maximum atomic E-state index is 9.75. The minimum absolute atomic E-state index is 0. The summed E-state index contributed by atoms with van der Waals surface area (Å²) < 4.78 is 46.5. The van der Waals surface area contributed by atoms with Gasteiger partial charge in [-0.3, -0.25) is 0 Å². The van der Waals surface area contributed by atoms with Crippen LogP contribution in [0.5, 0.6) is 0 Å². The molecule has 0 bridgehead atoms. The molecule has 0 aromatic heterocycles. The molecule has 2 saturated carbocycles. The summed E-state index contributed by atoms with van der Waals surface area (Å²) in [6.45, 7) is 8.23. The maximum Gasteiger partial charge on any atom is 4.00 e. The summed E-state index contributed by atoms with van der Waals surface area (Å²) in [5.41, 5.74) is 0. The average Bonchev–Trinajstić information content (AvgIpc) is 3.19. The molecule has 0 aromatic carbocycles. The van der Waals surface area contributed by atoms with Gasteiger partial charge in [0.15, 0.2) is 0 Å². The Kier molecular flexibility index (Phi) is 16.2. The largest absolute Gasteiger partial charge is 4.00 e. The number of fused-ring (bicyclic) bond motifs is 1. The van der Waals surface area contributed by atoms with Crippen molar-refractivity contribution >= 4 is 7.25 Å². The summed E-state index contributed by atoms with van der Waals surface area (Å²) in [7, 11) is -6.00. The van der Waals surface area contributed by atoms with Gasteiger partial charge in [-0.15, -0.1) is 0 Å². The van der Waals surface area contributed by atoms with E-state index in [0.717, 1.165) is 6.42 Å². The van der Waals surface area contributed by atoms with Crippen LogP contribution in [0.3, 0.4) is 0 Å². The van der Waals surface area contributed by atoms with Crippen molar-refractivity contribution in [2.24, 2.45) is 0 Å². The van der Waals surface area contributed by atoms with Crippen LogP contribution < -0.4 is 0 Å².